The molecule has 0 unspecified atom stereocenters. The lowest BCUT2D eigenvalue weighted by molar-refractivity contribution is -0.146. The quantitative estimate of drug-likeness (QED) is 0.573. The van der Waals surface area contributed by atoms with Crippen LogP contribution in [0.15, 0.2) is 54.6 Å². The molecule has 0 aromatic heterocycles. The normalized spacial score (nSPS) is 24.5. The van der Waals surface area contributed by atoms with E-state index in [9.17, 15) is 19.5 Å². The molecule has 2 saturated carbocycles. The third-order valence-corrected chi connectivity index (χ3v) is 7.07. The fourth-order valence-corrected chi connectivity index (χ4v) is 4.78. The van der Waals surface area contributed by atoms with Crippen molar-refractivity contribution in [2.24, 2.45) is 11.8 Å². The van der Waals surface area contributed by atoms with Gasteiger partial charge in [0.1, 0.15) is 5.54 Å². The van der Waals surface area contributed by atoms with Crippen LogP contribution in [0, 0.1) is 11.8 Å². The molecule has 0 bridgehead atoms. The molecule has 4 rings (SSSR count). The molecule has 2 atom stereocenters. The maximum absolute atomic E-state index is 12.6. The fraction of sp³-hybridized carbons (Fsp3) is 0.444. The van der Waals surface area contributed by atoms with Gasteiger partial charge in [-0.15, -0.1) is 0 Å². The van der Waals surface area contributed by atoms with Crippen LogP contribution in [0.5, 0.6) is 0 Å². The summed E-state index contributed by atoms with van der Waals surface area (Å²) in [5.74, 6) is -0.542. The molecule has 2 aliphatic rings. The van der Waals surface area contributed by atoms with Gasteiger partial charge < -0.3 is 15.7 Å². The van der Waals surface area contributed by atoms with Crippen molar-refractivity contribution >= 4 is 23.5 Å². The fourth-order valence-electron chi connectivity index (χ4n) is 4.78. The smallest absolute Gasteiger partial charge is 0.328 e. The molecule has 2 aliphatic carbocycles. The van der Waals surface area contributed by atoms with Crippen LogP contribution in [0.1, 0.15) is 68.9 Å². The van der Waals surface area contributed by atoms with Gasteiger partial charge in [0.25, 0.3) is 0 Å². The Labute approximate surface area is 194 Å². The second kappa shape index (κ2) is 9.38. The minimum absolute atomic E-state index is 0.0413. The largest absolute Gasteiger partial charge is 0.480 e. The number of carbonyl (C=O) groups is 3. The molecule has 0 aliphatic heterocycles. The summed E-state index contributed by atoms with van der Waals surface area (Å²) in [6.45, 7) is 3.01. The van der Waals surface area contributed by atoms with Gasteiger partial charge in [0.05, 0.1) is 0 Å². The first-order valence-corrected chi connectivity index (χ1v) is 11.8. The lowest BCUT2D eigenvalue weighted by atomic mass is 9.78. The summed E-state index contributed by atoms with van der Waals surface area (Å²) in [5, 5.41) is 14.9. The number of hydrogen-bond acceptors (Lipinski definition) is 3. The van der Waals surface area contributed by atoms with Gasteiger partial charge >= 0.3 is 5.97 Å². The molecule has 0 radical (unpaired) electrons. The molecule has 174 valence electrons. The second-order valence-corrected chi connectivity index (χ2v) is 9.94. The Morgan fingerprint density at radius 1 is 0.848 bits per heavy atom. The summed E-state index contributed by atoms with van der Waals surface area (Å²) in [5.41, 5.74) is 2.00. The van der Waals surface area contributed by atoms with Crippen molar-refractivity contribution in [3.05, 3.63) is 65.7 Å². The third-order valence-electron chi connectivity index (χ3n) is 7.07. The van der Waals surface area contributed by atoms with E-state index in [0.29, 0.717) is 11.8 Å². The van der Waals surface area contributed by atoms with E-state index in [2.05, 4.69) is 34.9 Å². The second-order valence-electron chi connectivity index (χ2n) is 9.94. The minimum atomic E-state index is -1.25. The molecule has 2 amide bonds. The number of amides is 2. The SMILES string of the molecule is CC(C)(NC(=O)[C@H]1CC[C@H](c2ccc(NC(=O)[C@@H]3C[C@H]3c3ccccc3)cc2)CC1)C(=O)O. The molecule has 2 aromatic carbocycles. The Morgan fingerprint density at radius 2 is 1.48 bits per heavy atom. The highest BCUT2D eigenvalue weighted by Crippen LogP contribution is 2.48. The first-order chi connectivity index (χ1) is 15.7. The molecule has 3 N–H and O–H groups in total. The van der Waals surface area contributed by atoms with E-state index < -0.39 is 11.5 Å². The molecule has 0 saturated heterocycles. The predicted molar refractivity (Wildman–Crippen MR) is 127 cm³/mol. The van der Waals surface area contributed by atoms with Crippen LogP contribution in [0.3, 0.4) is 0 Å². The van der Waals surface area contributed by atoms with E-state index in [-0.39, 0.29) is 23.7 Å². The number of carboxylic acid groups (broad SMARTS) is 1. The summed E-state index contributed by atoms with van der Waals surface area (Å²) in [7, 11) is 0. The van der Waals surface area contributed by atoms with Crippen molar-refractivity contribution < 1.29 is 19.5 Å². The highest BCUT2D eigenvalue weighted by atomic mass is 16.4. The third kappa shape index (κ3) is 5.44. The van der Waals surface area contributed by atoms with Gasteiger partial charge in [-0.2, -0.15) is 0 Å². The summed E-state index contributed by atoms with van der Waals surface area (Å²) in [4.78, 5) is 36.3. The lowest BCUT2D eigenvalue weighted by Crippen LogP contribution is -2.51. The maximum atomic E-state index is 12.6. The van der Waals surface area contributed by atoms with Crippen LogP contribution < -0.4 is 10.6 Å². The number of carbonyl (C=O) groups excluding carboxylic acids is 2. The number of benzene rings is 2. The van der Waals surface area contributed by atoms with Gasteiger partial charge in [-0.25, -0.2) is 4.79 Å². The molecule has 0 heterocycles. The molecule has 2 fully saturated rings. The monoisotopic (exact) mass is 448 g/mol. The first-order valence-electron chi connectivity index (χ1n) is 11.8. The van der Waals surface area contributed by atoms with Gasteiger partial charge in [0.2, 0.25) is 11.8 Å². The number of rotatable bonds is 7. The van der Waals surface area contributed by atoms with Gasteiger partial charge in [-0.3, -0.25) is 9.59 Å². The summed E-state index contributed by atoms with van der Waals surface area (Å²) < 4.78 is 0. The van der Waals surface area contributed by atoms with E-state index >= 15 is 0 Å². The molecule has 0 spiro atoms. The zero-order chi connectivity index (χ0) is 23.6. The van der Waals surface area contributed by atoms with Crippen molar-refractivity contribution in [2.45, 2.75) is 63.3 Å². The van der Waals surface area contributed by atoms with Crippen molar-refractivity contribution in [3.63, 3.8) is 0 Å². The molecule has 33 heavy (non-hydrogen) atoms. The van der Waals surface area contributed by atoms with E-state index in [4.69, 9.17) is 0 Å². The van der Waals surface area contributed by atoms with Gasteiger partial charge in [0.15, 0.2) is 0 Å². The van der Waals surface area contributed by atoms with Crippen LogP contribution in [-0.4, -0.2) is 28.4 Å². The first kappa shape index (κ1) is 23.0. The molecule has 6 nitrogen and oxygen atoms in total. The number of nitrogens with one attached hydrogen (secondary N) is 2. The summed E-state index contributed by atoms with van der Waals surface area (Å²) in [6.07, 6.45) is 4.16. The van der Waals surface area contributed by atoms with Crippen molar-refractivity contribution in [3.8, 4) is 0 Å². The van der Waals surface area contributed by atoms with Crippen LogP contribution in [-0.2, 0) is 14.4 Å². The van der Waals surface area contributed by atoms with E-state index in [1.54, 1.807) is 0 Å². The van der Waals surface area contributed by atoms with Gasteiger partial charge in [-0.05, 0) is 81.0 Å². The van der Waals surface area contributed by atoms with Crippen molar-refractivity contribution in [1.29, 1.82) is 0 Å². The number of aliphatic carboxylic acids is 1. The van der Waals surface area contributed by atoms with E-state index in [0.717, 1.165) is 37.8 Å². The van der Waals surface area contributed by atoms with Crippen molar-refractivity contribution in [2.75, 3.05) is 5.32 Å². The van der Waals surface area contributed by atoms with Crippen molar-refractivity contribution in [1.82, 2.24) is 5.32 Å². The topological polar surface area (TPSA) is 95.5 Å². The van der Waals surface area contributed by atoms with Crippen LogP contribution in [0.2, 0.25) is 0 Å². The Hall–Kier alpha value is -3.15. The van der Waals surface area contributed by atoms with Gasteiger partial charge in [-0.1, -0.05) is 42.5 Å². The minimum Gasteiger partial charge on any atom is -0.480 e. The number of carboxylic acids is 1. The standard InChI is InChI=1S/C27H32N2O4/c1-27(2,26(32)33)29-24(30)20-10-8-17(9-11-20)18-12-14-21(15-13-18)28-25(31)23-16-22(23)19-6-4-3-5-7-19/h3-7,12-15,17,20,22-23H,8-11,16H2,1-2H3,(H,28,31)(H,29,30)(H,32,33)/t17-,20-,22-,23+/m0/s1. The highest BCUT2D eigenvalue weighted by molar-refractivity contribution is 5.95. The zero-order valence-electron chi connectivity index (χ0n) is 19.2. The number of hydrogen-bond donors (Lipinski definition) is 3. The molecule has 2 aromatic rings. The average Bonchev–Trinajstić information content (AvgIpc) is 3.61. The predicted octanol–water partition coefficient (Wildman–Crippen LogP) is 4.68. The summed E-state index contributed by atoms with van der Waals surface area (Å²) in [6, 6.07) is 18.2. The zero-order valence-corrected chi connectivity index (χ0v) is 19.2. The lowest BCUT2D eigenvalue weighted by Gasteiger charge is -2.30. The van der Waals surface area contributed by atoms with Gasteiger partial charge in [0, 0.05) is 17.5 Å². The molecular formula is C27H32N2O4. The molecule has 6 heteroatoms. The maximum Gasteiger partial charge on any atom is 0.328 e. The molecular weight excluding hydrogens is 416 g/mol. The highest BCUT2D eigenvalue weighted by Gasteiger charge is 2.43. The average molecular weight is 449 g/mol. The Morgan fingerprint density at radius 3 is 2.09 bits per heavy atom. The Bertz CT molecular complexity index is 1010. The van der Waals surface area contributed by atoms with E-state index in [1.165, 1.54) is 25.0 Å². The van der Waals surface area contributed by atoms with Crippen LogP contribution in [0.4, 0.5) is 5.69 Å². The Balaban J connectivity index is 1.26. The van der Waals surface area contributed by atoms with Crippen LogP contribution in [0.25, 0.3) is 0 Å². The summed E-state index contributed by atoms with van der Waals surface area (Å²) >= 11 is 0. The van der Waals surface area contributed by atoms with Crippen LogP contribution >= 0.6 is 0 Å². The number of anilines is 1. The van der Waals surface area contributed by atoms with E-state index in [1.807, 2.05) is 30.3 Å². The Kier molecular flexibility index (Phi) is 6.54.